The van der Waals surface area contributed by atoms with Gasteiger partial charge in [-0.05, 0) is 128 Å². The Balaban J connectivity index is 1.31. The molecule has 0 radical (unpaired) electrons. The highest BCUT2D eigenvalue weighted by atomic mass is 127. The molecule has 1 unspecified atom stereocenters. The Bertz CT molecular complexity index is 2170. The lowest BCUT2D eigenvalue weighted by Crippen LogP contribution is -2.22. The quantitative estimate of drug-likeness (QED) is 0.0246. The van der Waals surface area contributed by atoms with Crippen molar-refractivity contribution >= 4 is 91.5 Å². The van der Waals surface area contributed by atoms with Crippen molar-refractivity contribution in [3.05, 3.63) is 131 Å². The van der Waals surface area contributed by atoms with Gasteiger partial charge >= 0.3 is 23.9 Å². The summed E-state index contributed by atoms with van der Waals surface area (Å²) in [6, 6.07) is 25.2. The smallest absolute Gasteiger partial charge is 0.343 e. The van der Waals surface area contributed by atoms with Crippen LogP contribution in [-0.2, 0) is 19.1 Å². The van der Waals surface area contributed by atoms with Gasteiger partial charge in [0.25, 0.3) is 0 Å². The molecule has 13 heteroatoms. The summed E-state index contributed by atoms with van der Waals surface area (Å²) < 4.78 is 22.5. The average Bonchev–Trinajstić information content (AvgIpc) is 3.53. The second-order valence-electron chi connectivity index (χ2n) is 12.3. The van der Waals surface area contributed by atoms with Crippen LogP contribution in [-0.4, -0.2) is 44.8 Å². The normalized spacial score (nSPS) is 12.2. The number of nitrogens with one attached hydrogen (secondary N) is 1. The predicted molar refractivity (Wildman–Crippen MR) is 214 cm³/mol. The number of alkyl halides is 1. The molecule has 11 nitrogen and oxygen atoms in total. The Kier molecular flexibility index (Phi) is 12.9. The number of rotatable bonds is 12. The molecule has 5 aromatic rings. The molecule has 1 aromatic heterocycles. The lowest BCUT2D eigenvalue weighted by atomic mass is 10.1. The van der Waals surface area contributed by atoms with E-state index in [0.29, 0.717) is 21.8 Å². The number of aromatic nitrogens is 1. The number of nitrogens with zero attached hydrogens (tertiary/aromatic N) is 2. The predicted octanol–water partition coefficient (Wildman–Crippen LogP) is 8.87. The molecule has 0 bridgehead atoms. The first-order valence-electron chi connectivity index (χ1n) is 16.2. The fraction of sp³-hybridized carbons (Fsp3) is 0.150. The number of hydrazone groups is 1. The zero-order valence-electron chi connectivity index (χ0n) is 29.1. The number of hydrogen-bond donors (Lipinski definition) is 1. The molecule has 1 atom stereocenters. The number of hydrogen-bond acceptors (Lipinski definition) is 12. The van der Waals surface area contributed by atoms with Crippen molar-refractivity contribution in [3.63, 3.8) is 0 Å². The molecule has 0 spiro atoms. The van der Waals surface area contributed by atoms with E-state index in [-0.39, 0.29) is 26.7 Å². The van der Waals surface area contributed by atoms with Crippen LogP contribution in [0.3, 0.4) is 0 Å². The molecule has 4 aromatic carbocycles. The van der Waals surface area contributed by atoms with Gasteiger partial charge in [-0.25, -0.2) is 24.2 Å². The number of carbonyl (C=O) groups is 4. The molecule has 53 heavy (non-hydrogen) atoms. The van der Waals surface area contributed by atoms with Crippen LogP contribution in [0.1, 0.15) is 65.1 Å². The van der Waals surface area contributed by atoms with E-state index in [0.717, 1.165) is 10.2 Å². The third-order valence-electron chi connectivity index (χ3n) is 6.85. The summed E-state index contributed by atoms with van der Waals surface area (Å²) in [7, 11) is 0. The van der Waals surface area contributed by atoms with Crippen LogP contribution in [0.15, 0.2) is 108 Å². The summed E-state index contributed by atoms with van der Waals surface area (Å²) in [6.07, 6.45) is 7.24. The maximum Gasteiger partial charge on any atom is 0.343 e. The van der Waals surface area contributed by atoms with Crippen LogP contribution in [0.2, 0.25) is 0 Å². The number of esters is 4. The number of fused-ring (bicyclic) bond motifs is 1. The minimum Gasteiger partial charge on any atom is -0.457 e. The molecule has 0 saturated carbocycles. The fourth-order valence-electron chi connectivity index (χ4n) is 4.51. The highest BCUT2D eigenvalue weighted by Crippen LogP contribution is 2.27. The van der Waals surface area contributed by atoms with Gasteiger partial charge < -0.3 is 18.9 Å². The minimum absolute atomic E-state index is 0.158. The molecule has 1 heterocycles. The van der Waals surface area contributed by atoms with Gasteiger partial charge in [0.05, 0.1) is 27.6 Å². The number of halogens is 1. The summed E-state index contributed by atoms with van der Waals surface area (Å²) in [5.41, 5.74) is 5.37. The Morgan fingerprint density at radius 2 is 1.42 bits per heavy atom. The van der Waals surface area contributed by atoms with Crippen LogP contribution >= 0.6 is 33.9 Å². The van der Waals surface area contributed by atoms with Gasteiger partial charge in [0, 0.05) is 17.7 Å². The Morgan fingerprint density at radius 3 is 2.02 bits per heavy atom. The third-order valence-corrected chi connectivity index (χ3v) is 8.05. The highest BCUT2D eigenvalue weighted by molar-refractivity contribution is 14.1. The van der Waals surface area contributed by atoms with E-state index in [1.54, 1.807) is 88.4 Å². The van der Waals surface area contributed by atoms with Crippen molar-refractivity contribution in [2.24, 2.45) is 5.10 Å². The van der Waals surface area contributed by atoms with Crippen molar-refractivity contribution in [1.82, 2.24) is 4.98 Å². The fourth-order valence-corrected chi connectivity index (χ4v) is 5.58. The number of thiazole rings is 1. The van der Waals surface area contributed by atoms with Gasteiger partial charge in [-0.1, -0.05) is 47.7 Å². The molecule has 0 fully saturated rings. The van der Waals surface area contributed by atoms with Gasteiger partial charge in [0.1, 0.15) is 21.2 Å². The van der Waals surface area contributed by atoms with Crippen LogP contribution in [0.5, 0.6) is 11.5 Å². The van der Waals surface area contributed by atoms with E-state index >= 15 is 0 Å². The molecule has 0 amide bonds. The maximum absolute atomic E-state index is 13.2. The van der Waals surface area contributed by atoms with E-state index < -0.39 is 29.5 Å². The summed E-state index contributed by atoms with van der Waals surface area (Å²) in [4.78, 5) is 54.6. The zero-order chi connectivity index (χ0) is 38.0. The molecule has 0 aliphatic rings. The van der Waals surface area contributed by atoms with E-state index in [2.05, 4.69) is 15.5 Å². The van der Waals surface area contributed by atoms with E-state index in [1.165, 1.54) is 47.9 Å². The number of ether oxygens (including phenoxy) is 4. The summed E-state index contributed by atoms with van der Waals surface area (Å²) in [5, 5.41) is 4.86. The first-order chi connectivity index (χ1) is 25.3. The monoisotopic (exact) mass is 843 g/mol. The van der Waals surface area contributed by atoms with Crippen LogP contribution in [0.4, 0.5) is 5.13 Å². The molecule has 270 valence electrons. The first kappa shape index (κ1) is 38.6. The minimum atomic E-state index is -0.641. The molecule has 1 N–H and O–H groups in total. The molecular formula is C40H34IN3O8S. The van der Waals surface area contributed by atoms with Gasteiger partial charge in [0.15, 0.2) is 0 Å². The van der Waals surface area contributed by atoms with E-state index in [1.807, 2.05) is 46.9 Å². The lowest BCUT2D eigenvalue weighted by molar-refractivity contribution is -0.148. The summed E-state index contributed by atoms with van der Waals surface area (Å²) >= 11 is 3.41. The SMILES string of the molecule is CC(I)OC(=O)/C=C/c1ccc(C(=O)Oc2ccc(OC(=O)c3ccc(/C=C/C(=O)OC(C)(C)C)cc3)c(/C=N/Nc3nc4ccccc4s3)c2)cc1. The van der Waals surface area contributed by atoms with Crippen LogP contribution in [0, 0.1) is 0 Å². The number of para-hydroxylation sites is 1. The number of anilines is 1. The molecule has 5 rings (SSSR count). The van der Waals surface area contributed by atoms with Crippen molar-refractivity contribution in [2.45, 2.75) is 37.4 Å². The van der Waals surface area contributed by atoms with Gasteiger partial charge in [-0.3, -0.25) is 5.43 Å². The standard InChI is InChI=1S/C40H34IN3O8S/c1-25(41)49-35(45)21-13-26-9-15-28(16-10-26)37(47)50-31-19-20-33(30(23-31)24-42-44-39-43-32-7-5-6-8-34(32)53-39)51-38(48)29-17-11-27(12-18-29)14-22-36(46)52-40(2,3)4/h5-25H,1-4H3,(H,43,44)/b21-13+,22-14+,42-24+. The van der Waals surface area contributed by atoms with E-state index in [9.17, 15) is 19.2 Å². The van der Waals surface area contributed by atoms with Crippen LogP contribution < -0.4 is 14.9 Å². The number of benzene rings is 4. The first-order valence-corrected chi connectivity index (χ1v) is 18.2. The molecule has 0 saturated heterocycles. The largest absolute Gasteiger partial charge is 0.457 e. The third kappa shape index (κ3) is 11.9. The molecular weight excluding hydrogens is 809 g/mol. The second kappa shape index (κ2) is 17.7. The van der Waals surface area contributed by atoms with Gasteiger partial charge in [-0.15, -0.1) is 0 Å². The maximum atomic E-state index is 13.2. The van der Waals surface area contributed by atoms with Crippen molar-refractivity contribution in [3.8, 4) is 11.5 Å². The number of carbonyl (C=O) groups excluding carboxylic acids is 4. The second-order valence-corrected chi connectivity index (χ2v) is 15.0. The van der Waals surface area contributed by atoms with Crippen molar-refractivity contribution < 1.29 is 38.1 Å². The molecule has 0 aliphatic carbocycles. The Hall–Kier alpha value is -5.67. The van der Waals surface area contributed by atoms with Gasteiger partial charge in [-0.2, -0.15) is 5.10 Å². The average molecular weight is 844 g/mol. The van der Waals surface area contributed by atoms with Crippen molar-refractivity contribution in [2.75, 3.05) is 5.43 Å². The Labute approximate surface area is 323 Å². The van der Waals surface area contributed by atoms with Gasteiger partial charge in [0.2, 0.25) is 5.13 Å². The lowest BCUT2D eigenvalue weighted by Gasteiger charge is -2.17. The van der Waals surface area contributed by atoms with Crippen molar-refractivity contribution in [1.29, 1.82) is 0 Å². The zero-order valence-corrected chi connectivity index (χ0v) is 32.0. The topological polar surface area (TPSA) is 142 Å². The van der Waals surface area contributed by atoms with Crippen LogP contribution in [0.25, 0.3) is 22.4 Å². The highest BCUT2D eigenvalue weighted by Gasteiger charge is 2.16. The summed E-state index contributed by atoms with van der Waals surface area (Å²) in [6.45, 7) is 7.10. The molecule has 0 aliphatic heterocycles. The van der Waals surface area contributed by atoms with E-state index in [4.69, 9.17) is 18.9 Å². The Morgan fingerprint density at radius 1 is 0.811 bits per heavy atom. The summed E-state index contributed by atoms with van der Waals surface area (Å²) in [5.74, 6) is -1.88.